The monoisotopic (exact) mass is 355 g/mol. The summed E-state index contributed by atoms with van der Waals surface area (Å²) in [6.45, 7) is 1.77. The Morgan fingerprint density at radius 2 is 1.96 bits per heavy atom. The van der Waals surface area contributed by atoms with Gasteiger partial charge in [-0.1, -0.05) is 19.8 Å². The van der Waals surface area contributed by atoms with Gasteiger partial charge >= 0.3 is 12.1 Å². The number of hydrogen-bond donors (Lipinski definition) is 3. The van der Waals surface area contributed by atoms with Gasteiger partial charge in [0.15, 0.2) is 0 Å². The molecule has 1 atom stereocenters. The Morgan fingerprint density at radius 1 is 1.35 bits per heavy atom. The molecule has 10 heteroatoms. The average Bonchev–Trinajstić information content (AvgIpc) is 2.42. The predicted molar refractivity (Wildman–Crippen MR) is 74.4 cm³/mol. The summed E-state index contributed by atoms with van der Waals surface area (Å²) in [6.07, 6.45) is -3.80. The fourth-order valence-corrected chi connectivity index (χ4v) is 3.14. The molecule has 0 aliphatic carbocycles. The number of hydrogen-bond acceptors (Lipinski definition) is 4. The van der Waals surface area contributed by atoms with Crippen molar-refractivity contribution < 1.29 is 36.6 Å². The van der Waals surface area contributed by atoms with Crippen LogP contribution in [0.2, 0.25) is 0 Å². The molecule has 0 heterocycles. The number of alkyl halides is 3. The van der Waals surface area contributed by atoms with Gasteiger partial charge in [0.2, 0.25) is 10.0 Å². The Kier molecular flexibility index (Phi) is 6.00. The van der Waals surface area contributed by atoms with Gasteiger partial charge in [-0.3, -0.25) is 4.79 Å². The van der Waals surface area contributed by atoms with Gasteiger partial charge in [0, 0.05) is 0 Å². The predicted octanol–water partition coefficient (Wildman–Crippen LogP) is 2.33. The van der Waals surface area contributed by atoms with Crippen molar-refractivity contribution in [2.24, 2.45) is 0 Å². The van der Waals surface area contributed by atoms with E-state index in [-0.39, 0.29) is 12.5 Å². The Hall–Kier alpha value is -1.81. The molecule has 1 unspecified atom stereocenters. The zero-order chi connectivity index (χ0) is 17.8. The molecule has 0 aliphatic rings. The molecule has 23 heavy (non-hydrogen) atoms. The summed E-state index contributed by atoms with van der Waals surface area (Å²) < 4.78 is 64.0. The van der Waals surface area contributed by atoms with Crippen LogP contribution in [0.5, 0.6) is 5.75 Å². The van der Waals surface area contributed by atoms with Crippen LogP contribution in [0.3, 0.4) is 0 Å². The number of phenolic OH excluding ortho intramolecular Hbond substituents is 1. The van der Waals surface area contributed by atoms with E-state index in [0.717, 1.165) is 0 Å². The molecule has 6 nitrogen and oxygen atoms in total. The number of aliphatic carboxylic acids is 1. The number of nitrogens with one attached hydrogen (secondary N) is 1. The number of phenols is 1. The third-order valence-electron chi connectivity index (χ3n) is 3.02. The molecule has 0 saturated heterocycles. The van der Waals surface area contributed by atoms with Gasteiger partial charge in [0.05, 0.1) is 5.56 Å². The lowest BCUT2D eigenvalue weighted by Gasteiger charge is -2.16. The number of rotatable bonds is 7. The normalized spacial score (nSPS) is 13.7. The maximum absolute atomic E-state index is 12.7. The SMILES string of the molecule is CCCCC(NS(=O)(=O)c1cc(C(F)(F)F)ccc1O)C(=O)O. The van der Waals surface area contributed by atoms with Gasteiger partial charge in [0.25, 0.3) is 0 Å². The summed E-state index contributed by atoms with van der Waals surface area (Å²) in [5.74, 6) is -2.35. The first kappa shape index (κ1) is 19.2. The van der Waals surface area contributed by atoms with Crippen molar-refractivity contribution in [1.82, 2.24) is 4.72 Å². The summed E-state index contributed by atoms with van der Waals surface area (Å²) >= 11 is 0. The van der Waals surface area contributed by atoms with Gasteiger partial charge in [-0.05, 0) is 24.6 Å². The van der Waals surface area contributed by atoms with E-state index in [4.69, 9.17) is 5.11 Å². The molecule has 130 valence electrons. The number of carbonyl (C=O) groups is 1. The minimum Gasteiger partial charge on any atom is -0.507 e. The van der Waals surface area contributed by atoms with Crippen LogP contribution >= 0.6 is 0 Å². The Balaban J connectivity index is 3.19. The zero-order valence-corrected chi connectivity index (χ0v) is 12.9. The second kappa shape index (κ2) is 7.18. The lowest BCUT2D eigenvalue weighted by atomic mass is 10.1. The van der Waals surface area contributed by atoms with E-state index in [9.17, 15) is 31.5 Å². The summed E-state index contributed by atoms with van der Waals surface area (Å²) in [5.41, 5.74) is -1.27. The maximum atomic E-state index is 12.7. The molecule has 0 aliphatic heterocycles. The first-order valence-electron chi connectivity index (χ1n) is 6.64. The van der Waals surface area contributed by atoms with Crippen LogP contribution in [0.15, 0.2) is 23.1 Å². The number of benzene rings is 1. The number of sulfonamides is 1. The molecule has 0 aromatic heterocycles. The van der Waals surface area contributed by atoms with Crippen LogP contribution in [-0.4, -0.2) is 30.6 Å². The van der Waals surface area contributed by atoms with Gasteiger partial charge in [0.1, 0.15) is 16.7 Å². The molecule has 0 spiro atoms. The Bertz CT molecular complexity index is 673. The van der Waals surface area contributed by atoms with Crippen LogP contribution < -0.4 is 4.72 Å². The fourth-order valence-electron chi connectivity index (χ4n) is 1.80. The van der Waals surface area contributed by atoms with Crippen LogP contribution in [0.4, 0.5) is 13.2 Å². The zero-order valence-electron chi connectivity index (χ0n) is 12.1. The van der Waals surface area contributed by atoms with Crippen LogP contribution in [0, 0.1) is 0 Å². The van der Waals surface area contributed by atoms with Crippen molar-refractivity contribution in [3.63, 3.8) is 0 Å². The van der Waals surface area contributed by atoms with Crippen molar-refractivity contribution in [3.8, 4) is 5.75 Å². The summed E-state index contributed by atoms with van der Waals surface area (Å²) in [4.78, 5) is 10.0. The highest BCUT2D eigenvalue weighted by atomic mass is 32.2. The molecule has 0 fully saturated rings. The van der Waals surface area contributed by atoms with E-state index >= 15 is 0 Å². The van der Waals surface area contributed by atoms with E-state index < -0.39 is 44.4 Å². The van der Waals surface area contributed by atoms with Crippen molar-refractivity contribution in [3.05, 3.63) is 23.8 Å². The third-order valence-corrected chi connectivity index (χ3v) is 4.52. The average molecular weight is 355 g/mol. The molecule has 1 rings (SSSR count). The second-order valence-corrected chi connectivity index (χ2v) is 6.52. The largest absolute Gasteiger partial charge is 0.507 e. The van der Waals surface area contributed by atoms with Crippen molar-refractivity contribution in [1.29, 1.82) is 0 Å². The molecule has 3 N–H and O–H groups in total. The Morgan fingerprint density at radius 3 is 2.43 bits per heavy atom. The second-order valence-electron chi connectivity index (χ2n) is 4.83. The summed E-state index contributed by atoms with van der Waals surface area (Å²) in [5, 5.41) is 18.5. The number of aromatic hydroxyl groups is 1. The van der Waals surface area contributed by atoms with Crippen molar-refractivity contribution in [2.45, 2.75) is 43.3 Å². The van der Waals surface area contributed by atoms with E-state index in [2.05, 4.69) is 0 Å². The van der Waals surface area contributed by atoms with Crippen molar-refractivity contribution >= 4 is 16.0 Å². The van der Waals surface area contributed by atoms with Crippen LogP contribution in [0.1, 0.15) is 31.7 Å². The van der Waals surface area contributed by atoms with Crippen LogP contribution in [0.25, 0.3) is 0 Å². The smallest absolute Gasteiger partial charge is 0.416 e. The van der Waals surface area contributed by atoms with Crippen LogP contribution in [-0.2, 0) is 21.0 Å². The topological polar surface area (TPSA) is 104 Å². The first-order chi connectivity index (χ1) is 10.5. The Labute approximate surface area is 131 Å². The van der Waals surface area contributed by atoms with E-state index in [1.807, 2.05) is 4.72 Å². The molecular formula is C13H16F3NO5S. The summed E-state index contributed by atoms with van der Waals surface area (Å²) in [6, 6.07) is -0.107. The number of carboxylic acid groups (broad SMARTS) is 1. The third kappa shape index (κ3) is 5.10. The van der Waals surface area contributed by atoms with Crippen molar-refractivity contribution in [2.75, 3.05) is 0 Å². The lowest BCUT2D eigenvalue weighted by Crippen LogP contribution is -2.40. The quantitative estimate of drug-likeness (QED) is 0.696. The fraction of sp³-hybridized carbons (Fsp3) is 0.462. The molecule has 0 amide bonds. The highest BCUT2D eigenvalue weighted by Crippen LogP contribution is 2.34. The minimum atomic E-state index is -4.80. The molecule has 1 aromatic rings. The van der Waals surface area contributed by atoms with E-state index in [1.54, 1.807) is 6.92 Å². The van der Waals surface area contributed by atoms with Gasteiger partial charge in [-0.15, -0.1) is 0 Å². The number of halogens is 3. The number of unbranched alkanes of at least 4 members (excludes halogenated alkanes) is 1. The van der Waals surface area contributed by atoms with E-state index in [0.29, 0.717) is 25.0 Å². The van der Waals surface area contributed by atoms with Gasteiger partial charge < -0.3 is 10.2 Å². The molecule has 1 aromatic carbocycles. The standard InChI is InChI=1S/C13H16F3NO5S/c1-2-3-4-9(12(19)20)17-23(21,22)11-7-8(13(14,15)16)5-6-10(11)18/h5-7,9,17-18H,2-4H2,1H3,(H,19,20). The minimum absolute atomic E-state index is 0.0230. The molecule has 0 radical (unpaired) electrons. The molecule has 0 bridgehead atoms. The van der Waals surface area contributed by atoms with Gasteiger partial charge in [-0.25, -0.2) is 8.42 Å². The highest BCUT2D eigenvalue weighted by Gasteiger charge is 2.34. The first-order valence-corrected chi connectivity index (χ1v) is 8.12. The number of carboxylic acids is 1. The summed E-state index contributed by atoms with van der Waals surface area (Å²) in [7, 11) is -4.63. The lowest BCUT2D eigenvalue weighted by molar-refractivity contribution is -0.139. The highest BCUT2D eigenvalue weighted by molar-refractivity contribution is 7.89. The molecule has 0 saturated carbocycles. The maximum Gasteiger partial charge on any atom is 0.416 e. The van der Waals surface area contributed by atoms with E-state index in [1.165, 1.54) is 0 Å². The molecular weight excluding hydrogens is 339 g/mol. The van der Waals surface area contributed by atoms with Gasteiger partial charge in [-0.2, -0.15) is 17.9 Å².